The summed E-state index contributed by atoms with van der Waals surface area (Å²) in [6.45, 7) is 5.51. The van der Waals surface area contributed by atoms with Crippen molar-refractivity contribution in [1.29, 1.82) is 0 Å². The first-order valence-corrected chi connectivity index (χ1v) is 12.5. The van der Waals surface area contributed by atoms with Crippen LogP contribution in [0.2, 0.25) is 0 Å². The number of amides is 1. The van der Waals surface area contributed by atoms with Crippen LogP contribution < -0.4 is 9.50 Å². The number of anilines is 1. The molecular formula is C20H26N2O6S2. The Labute approximate surface area is 178 Å². The van der Waals surface area contributed by atoms with Gasteiger partial charge in [-0.2, -0.15) is 12.7 Å². The van der Waals surface area contributed by atoms with Crippen LogP contribution in [0.4, 0.5) is 5.69 Å². The molecule has 2 rings (SSSR count). The molecule has 10 heteroatoms. The summed E-state index contributed by atoms with van der Waals surface area (Å²) in [6, 6.07) is 12.3. The molecule has 0 saturated carbocycles. The average molecular weight is 455 g/mol. The van der Waals surface area contributed by atoms with Crippen molar-refractivity contribution in [2.45, 2.75) is 32.2 Å². The van der Waals surface area contributed by atoms with E-state index in [9.17, 15) is 21.6 Å². The highest BCUT2D eigenvalue weighted by Crippen LogP contribution is 2.23. The van der Waals surface area contributed by atoms with Gasteiger partial charge >= 0.3 is 10.1 Å². The Morgan fingerprint density at radius 1 is 1.07 bits per heavy atom. The molecule has 8 nitrogen and oxygen atoms in total. The molecule has 0 aliphatic heterocycles. The number of rotatable bonds is 9. The van der Waals surface area contributed by atoms with Crippen molar-refractivity contribution in [3.8, 4) is 5.75 Å². The second-order valence-corrected chi connectivity index (χ2v) is 10.8. The van der Waals surface area contributed by atoms with Gasteiger partial charge in [-0.25, -0.2) is 8.42 Å². The Morgan fingerprint density at radius 2 is 1.70 bits per heavy atom. The molecule has 1 N–H and O–H groups in total. The molecule has 2 aromatic carbocycles. The molecule has 2 aromatic rings. The maximum Gasteiger partial charge on any atom is 0.306 e. The monoisotopic (exact) mass is 454 g/mol. The number of nitrogens with one attached hydrogen (secondary N) is 1. The molecule has 0 fully saturated rings. The summed E-state index contributed by atoms with van der Waals surface area (Å²) in [5.74, 6) is -0.0614. The second-order valence-electron chi connectivity index (χ2n) is 7.33. The summed E-state index contributed by atoms with van der Waals surface area (Å²) >= 11 is 0. The van der Waals surface area contributed by atoms with Gasteiger partial charge in [0.15, 0.2) is 0 Å². The smallest absolute Gasteiger partial charge is 0.306 e. The number of hydrogen-bond acceptors (Lipinski definition) is 6. The van der Waals surface area contributed by atoms with Crippen molar-refractivity contribution in [2.75, 3.05) is 18.1 Å². The Bertz CT molecular complexity index is 1090. The van der Waals surface area contributed by atoms with Gasteiger partial charge in [-0.15, -0.1) is 0 Å². The highest BCUT2D eigenvalue weighted by atomic mass is 32.2. The van der Waals surface area contributed by atoms with E-state index >= 15 is 0 Å². The summed E-state index contributed by atoms with van der Waals surface area (Å²) < 4.78 is 55.4. The van der Waals surface area contributed by atoms with E-state index in [0.717, 1.165) is 6.26 Å². The third-order valence-corrected chi connectivity index (χ3v) is 6.21. The van der Waals surface area contributed by atoms with Crippen LogP contribution in [0.3, 0.4) is 0 Å². The van der Waals surface area contributed by atoms with E-state index in [4.69, 9.17) is 4.18 Å². The van der Waals surface area contributed by atoms with Crippen LogP contribution in [-0.2, 0) is 31.5 Å². The van der Waals surface area contributed by atoms with E-state index in [1.54, 1.807) is 12.1 Å². The molecule has 0 saturated heterocycles. The summed E-state index contributed by atoms with van der Waals surface area (Å²) in [6.07, 6.45) is 0.944. The minimum Gasteiger partial charge on any atom is -0.383 e. The van der Waals surface area contributed by atoms with Crippen LogP contribution in [0.5, 0.6) is 5.75 Å². The first-order chi connectivity index (χ1) is 13.9. The highest BCUT2D eigenvalue weighted by Gasteiger charge is 2.25. The lowest BCUT2D eigenvalue weighted by molar-refractivity contribution is -0.114. The molecule has 1 amide bonds. The SMILES string of the molecule is CC(=O)Nc1ccc(S(=O)(=O)N(Cc2cccc(OS(C)(=O)=O)c2)CC(C)C)cc1. The lowest BCUT2D eigenvalue weighted by atomic mass is 10.2. The normalized spacial score (nSPS) is 12.2. The number of benzene rings is 2. The van der Waals surface area contributed by atoms with Crippen LogP contribution in [-0.4, -0.2) is 39.8 Å². The van der Waals surface area contributed by atoms with Crippen molar-refractivity contribution in [1.82, 2.24) is 4.31 Å². The van der Waals surface area contributed by atoms with Gasteiger partial charge in [0.2, 0.25) is 15.9 Å². The van der Waals surface area contributed by atoms with E-state index < -0.39 is 20.1 Å². The fraction of sp³-hybridized carbons (Fsp3) is 0.350. The van der Waals surface area contributed by atoms with Crippen LogP contribution in [0.1, 0.15) is 26.3 Å². The summed E-state index contributed by atoms with van der Waals surface area (Å²) in [4.78, 5) is 11.3. The zero-order valence-corrected chi connectivity index (χ0v) is 19.0. The molecule has 0 spiro atoms. The van der Waals surface area contributed by atoms with Gasteiger partial charge in [-0.05, 0) is 47.9 Å². The zero-order chi connectivity index (χ0) is 22.5. The van der Waals surface area contributed by atoms with Gasteiger partial charge in [-0.3, -0.25) is 4.79 Å². The Hall–Kier alpha value is -2.43. The molecule has 164 valence electrons. The Morgan fingerprint density at radius 3 is 2.23 bits per heavy atom. The van der Waals surface area contributed by atoms with Crippen molar-refractivity contribution in [2.24, 2.45) is 5.92 Å². The second kappa shape index (κ2) is 9.59. The third kappa shape index (κ3) is 7.12. The van der Waals surface area contributed by atoms with Gasteiger partial charge in [-0.1, -0.05) is 26.0 Å². The minimum absolute atomic E-state index is 0.0505. The molecule has 0 bridgehead atoms. The fourth-order valence-corrected chi connectivity index (χ4v) is 4.84. The lowest BCUT2D eigenvalue weighted by Gasteiger charge is -2.24. The molecule has 30 heavy (non-hydrogen) atoms. The van der Waals surface area contributed by atoms with E-state index in [2.05, 4.69) is 5.32 Å². The van der Waals surface area contributed by atoms with Crippen LogP contribution in [0.15, 0.2) is 53.4 Å². The van der Waals surface area contributed by atoms with E-state index in [0.29, 0.717) is 11.3 Å². The molecule has 0 aliphatic carbocycles. The predicted octanol–water partition coefficient (Wildman–Crippen LogP) is 2.83. The van der Waals surface area contributed by atoms with E-state index in [1.165, 1.54) is 47.6 Å². The molecule has 0 radical (unpaired) electrons. The first kappa shape index (κ1) is 23.8. The fourth-order valence-electron chi connectivity index (χ4n) is 2.79. The van der Waals surface area contributed by atoms with Gasteiger partial charge in [0.05, 0.1) is 11.2 Å². The quantitative estimate of drug-likeness (QED) is 0.584. The van der Waals surface area contributed by atoms with Crippen LogP contribution in [0.25, 0.3) is 0 Å². The number of hydrogen-bond donors (Lipinski definition) is 1. The largest absolute Gasteiger partial charge is 0.383 e. The van der Waals surface area contributed by atoms with Gasteiger partial charge in [0.1, 0.15) is 5.75 Å². The number of sulfonamides is 1. The molecule has 0 aromatic heterocycles. The lowest BCUT2D eigenvalue weighted by Crippen LogP contribution is -2.33. The van der Waals surface area contributed by atoms with Crippen molar-refractivity contribution in [3.05, 3.63) is 54.1 Å². The highest BCUT2D eigenvalue weighted by molar-refractivity contribution is 7.89. The number of carbonyl (C=O) groups is 1. The van der Waals surface area contributed by atoms with Crippen LogP contribution >= 0.6 is 0 Å². The molecule has 0 aliphatic rings. The van der Waals surface area contributed by atoms with E-state index in [1.807, 2.05) is 13.8 Å². The van der Waals surface area contributed by atoms with Crippen molar-refractivity contribution >= 4 is 31.7 Å². The molecular weight excluding hydrogens is 428 g/mol. The first-order valence-electron chi connectivity index (χ1n) is 9.23. The van der Waals surface area contributed by atoms with Crippen molar-refractivity contribution in [3.63, 3.8) is 0 Å². The van der Waals surface area contributed by atoms with Crippen LogP contribution in [0, 0.1) is 5.92 Å². The number of carbonyl (C=O) groups excluding carboxylic acids is 1. The van der Waals surface area contributed by atoms with E-state index in [-0.39, 0.29) is 35.6 Å². The Balaban J connectivity index is 2.32. The maximum absolute atomic E-state index is 13.2. The summed E-state index contributed by atoms with van der Waals surface area (Å²) in [7, 11) is -7.51. The Kier molecular flexibility index (Phi) is 7.62. The average Bonchev–Trinajstić information content (AvgIpc) is 2.59. The minimum atomic E-state index is -3.83. The summed E-state index contributed by atoms with van der Waals surface area (Å²) in [5, 5.41) is 2.60. The predicted molar refractivity (Wildman–Crippen MR) is 115 cm³/mol. The maximum atomic E-state index is 13.2. The van der Waals surface area contributed by atoms with Gasteiger partial charge in [0.25, 0.3) is 0 Å². The number of nitrogens with zero attached hydrogens (tertiary/aromatic N) is 1. The van der Waals surface area contributed by atoms with Crippen molar-refractivity contribution < 1.29 is 25.8 Å². The summed E-state index contributed by atoms with van der Waals surface area (Å²) in [5.41, 5.74) is 1.10. The van der Waals surface area contributed by atoms with Gasteiger partial charge < -0.3 is 9.50 Å². The molecule has 0 heterocycles. The molecule has 0 unspecified atom stereocenters. The topological polar surface area (TPSA) is 110 Å². The molecule has 0 atom stereocenters. The zero-order valence-electron chi connectivity index (χ0n) is 17.3. The third-order valence-electron chi connectivity index (χ3n) is 3.89. The van der Waals surface area contributed by atoms with Gasteiger partial charge in [0, 0.05) is 25.7 Å². The standard InChI is InChI=1S/C20H26N2O6S2/c1-15(2)13-22(14-17-6-5-7-19(12-17)28-29(4,24)25)30(26,27)20-10-8-18(9-11-20)21-16(3)23/h5-12,15H,13-14H2,1-4H3,(H,21,23).